The zero-order chi connectivity index (χ0) is 10.4. The number of rotatable bonds is 5. The molecule has 14 heavy (non-hydrogen) atoms. The molecule has 0 saturated heterocycles. The smallest absolute Gasteiger partial charge is 0.215 e. The largest absolute Gasteiger partial charge is 0.481 e. The average molecular weight is 193 g/mol. The van der Waals surface area contributed by atoms with Crippen LogP contribution in [0, 0.1) is 6.92 Å². The highest BCUT2D eigenvalue weighted by Crippen LogP contribution is 2.15. The number of carbonyl (C=O) groups is 1. The molecule has 0 spiro atoms. The highest BCUT2D eigenvalue weighted by Gasteiger charge is 2.00. The van der Waals surface area contributed by atoms with Gasteiger partial charge < -0.3 is 9.53 Å². The second-order valence-corrected chi connectivity index (χ2v) is 3.23. The van der Waals surface area contributed by atoms with E-state index in [0.717, 1.165) is 30.3 Å². The van der Waals surface area contributed by atoms with Gasteiger partial charge in [-0.1, -0.05) is 0 Å². The molecule has 0 radical (unpaired) electrons. The van der Waals surface area contributed by atoms with Gasteiger partial charge >= 0.3 is 0 Å². The number of carbonyl (C=O) groups excluding carboxylic acids is 1. The van der Waals surface area contributed by atoms with Crippen LogP contribution in [0.15, 0.2) is 12.3 Å². The summed E-state index contributed by atoms with van der Waals surface area (Å²) in [5, 5.41) is 0. The van der Waals surface area contributed by atoms with E-state index in [-0.39, 0.29) is 0 Å². The maximum atomic E-state index is 10.1. The van der Waals surface area contributed by atoms with Crippen molar-refractivity contribution >= 4 is 6.29 Å². The number of hydrogen-bond acceptors (Lipinski definition) is 3. The van der Waals surface area contributed by atoms with Crippen LogP contribution < -0.4 is 4.74 Å². The first-order valence-corrected chi connectivity index (χ1v) is 4.71. The maximum absolute atomic E-state index is 10.1. The van der Waals surface area contributed by atoms with Gasteiger partial charge in [0.2, 0.25) is 5.88 Å². The van der Waals surface area contributed by atoms with E-state index in [1.54, 1.807) is 13.3 Å². The number of ether oxygens (including phenoxy) is 1. The van der Waals surface area contributed by atoms with Crippen LogP contribution in [0.2, 0.25) is 0 Å². The van der Waals surface area contributed by atoms with E-state index in [1.165, 1.54) is 0 Å². The number of methoxy groups -OCH3 is 1. The van der Waals surface area contributed by atoms with Gasteiger partial charge in [0.1, 0.15) is 6.29 Å². The van der Waals surface area contributed by atoms with Crippen LogP contribution in [0.25, 0.3) is 0 Å². The second-order valence-electron chi connectivity index (χ2n) is 3.23. The Balaban J connectivity index is 2.61. The lowest BCUT2D eigenvalue weighted by molar-refractivity contribution is -0.107. The van der Waals surface area contributed by atoms with E-state index < -0.39 is 0 Å². The van der Waals surface area contributed by atoms with Crippen LogP contribution in [-0.2, 0) is 11.2 Å². The van der Waals surface area contributed by atoms with E-state index in [1.807, 2.05) is 6.92 Å². The van der Waals surface area contributed by atoms with Crippen molar-refractivity contribution in [2.75, 3.05) is 7.11 Å². The van der Waals surface area contributed by atoms with Crippen LogP contribution in [0.4, 0.5) is 0 Å². The van der Waals surface area contributed by atoms with E-state index in [9.17, 15) is 4.79 Å². The van der Waals surface area contributed by atoms with Gasteiger partial charge in [-0.05, 0) is 31.4 Å². The Labute approximate surface area is 84.1 Å². The Bertz CT molecular complexity index is 310. The normalized spacial score (nSPS) is 9.86. The summed E-state index contributed by atoms with van der Waals surface area (Å²) in [4.78, 5) is 14.3. The third kappa shape index (κ3) is 2.83. The van der Waals surface area contributed by atoms with Crippen LogP contribution in [-0.4, -0.2) is 18.4 Å². The Morgan fingerprint density at radius 1 is 1.57 bits per heavy atom. The van der Waals surface area contributed by atoms with Crippen molar-refractivity contribution in [1.29, 1.82) is 0 Å². The molecular weight excluding hydrogens is 178 g/mol. The predicted molar refractivity (Wildman–Crippen MR) is 54.5 cm³/mol. The highest BCUT2D eigenvalue weighted by molar-refractivity contribution is 5.49. The summed E-state index contributed by atoms with van der Waals surface area (Å²) in [5.41, 5.74) is 2.20. The van der Waals surface area contributed by atoms with Gasteiger partial charge in [-0.25, -0.2) is 4.98 Å². The summed E-state index contributed by atoms with van der Waals surface area (Å²) in [6, 6.07) is 2.05. The third-order valence-electron chi connectivity index (χ3n) is 2.07. The van der Waals surface area contributed by atoms with Crippen molar-refractivity contribution in [2.24, 2.45) is 0 Å². The van der Waals surface area contributed by atoms with Crippen molar-refractivity contribution in [3.05, 3.63) is 23.4 Å². The lowest BCUT2D eigenvalue weighted by Crippen LogP contribution is -1.94. The van der Waals surface area contributed by atoms with Gasteiger partial charge in [-0.3, -0.25) is 0 Å². The number of nitrogens with zero attached hydrogens (tertiary/aromatic N) is 1. The lowest BCUT2D eigenvalue weighted by Gasteiger charge is -2.05. The lowest BCUT2D eigenvalue weighted by atomic mass is 10.1. The first-order chi connectivity index (χ1) is 6.77. The number of aldehydes is 1. The van der Waals surface area contributed by atoms with Gasteiger partial charge in [0, 0.05) is 18.2 Å². The zero-order valence-electron chi connectivity index (χ0n) is 8.62. The summed E-state index contributed by atoms with van der Waals surface area (Å²) < 4.78 is 5.06. The molecule has 0 amide bonds. The molecule has 3 heteroatoms. The van der Waals surface area contributed by atoms with Gasteiger partial charge in [0.15, 0.2) is 0 Å². The molecule has 1 aromatic heterocycles. The summed E-state index contributed by atoms with van der Waals surface area (Å²) >= 11 is 0. The summed E-state index contributed by atoms with van der Waals surface area (Å²) in [7, 11) is 1.61. The van der Waals surface area contributed by atoms with Gasteiger partial charge in [-0.2, -0.15) is 0 Å². The minimum absolute atomic E-state index is 0.616. The maximum Gasteiger partial charge on any atom is 0.215 e. The fourth-order valence-corrected chi connectivity index (χ4v) is 1.36. The Morgan fingerprint density at radius 2 is 2.36 bits per heavy atom. The summed E-state index contributed by atoms with van der Waals surface area (Å²) in [5.74, 6) is 0.670. The standard InChI is InChI=1S/C11H15NO2/c1-9-7-10(5-3-4-6-13)8-12-11(9)14-2/h6-8H,3-5H2,1-2H3. The molecule has 3 nitrogen and oxygen atoms in total. The highest BCUT2D eigenvalue weighted by atomic mass is 16.5. The number of unbranched alkanes of at least 4 members (excludes halogenated alkanes) is 1. The fourth-order valence-electron chi connectivity index (χ4n) is 1.36. The van der Waals surface area contributed by atoms with Crippen molar-refractivity contribution in [3.8, 4) is 5.88 Å². The average Bonchev–Trinajstić information content (AvgIpc) is 2.18. The molecule has 0 aromatic carbocycles. The number of hydrogen-bond donors (Lipinski definition) is 0. The van der Waals surface area contributed by atoms with Crippen LogP contribution in [0.3, 0.4) is 0 Å². The quantitative estimate of drug-likeness (QED) is 0.529. The van der Waals surface area contributed by atoms with Gasteiger partial charge in [-0.15, -0.1) is 0 Å². The van der Waals surface area contributed by atoms with E-state index in [0.29, 0.717) is 12.3 Å². The molecular formula is C11H15NO2. The molecule has 0 bridgehead atoms. The molecule has 0 fully saturated rings. The molecule has 0 N–H and O–H groups in total. The van der Waals surface area contributed by atoms with Crippen molar-refractivity contribution in [3.63, 3.8) is 0 Å². The van der Waals surface area contributed by atoms with Crippen LogP contribution in [0.5, 0.6) is 5.88 Å². The Kier molecular flexibility index (Phi) is 4.11. The monoisotopic (exact) mass is 193 g/mol. The van der Waals surface area contributed by atoms with Crippen molar-refractivity contribution in [1.82, 2.24) is 4.98 Å². The predicted octanol–water partition coefficient (Wildman–Crippen LogP) is 1.92. The minimum Gasteiger partial charge on any atom is -0.481 e. The van der Waals surface area contributed by atoms with Crippen molar-refractivity contribution < 1.29 is 9.53 Å². The third-order valence-corrected chi connectivity index (χ3v) is 2.07. The van der Waals surface area contributed by atoms with Gasteiger partial charge in [0.25, 0.3) is 0 Å². The molecule has 0 unspecified atom stereocenters. The molecule has 0 saturated carbocycles. The molecule has 1 heterocycles. The number of aromatic nitrogens is 1. The minimum atomic E-state index is 0.616. The summed E-state index contributed by atoms with van der Waals surface area (Å²) in [6.45, 7) is 1.97. The second kappa shape index (κ2) is 5.37. The SMILES string of the molecule is COc1ncc(CCCC=O)cc1C. The molecule has 1 aromatic rings. The summed E-state index contributed by atoms with van der Waals surface area (Å²) in [6.07, 6.45) is 5.15. The Hall–Kier alpha value is -1.38. The molecule has 0 aliphatic heterocycles. The molecule has 1 rings (SSSR count). The van der Waals surface area contributed by atoms with Crippen LogP contribution >= 0.6 is 0 Å². The van der Waals surface area contributed by atoms with Crippen LogP contribution in [0.1, 0.15) is 24.0 Å². The Morgan fingerprint density at radius 3 is 2.93 bits per heavy atom. The van der Waals surface area contributed by atoms with E-state index >= 15 is 0 Å². The molecule has 76 valence electrons. The van der Waals surface area contributed by atoms with Gasteiger partial charge in [0.05, 0.1) is 7.11 Å². The zero-order valence-corrected chi connectivity index (χ0v) is 8.62. The number of aryl methyl sites for hydroxylation is 2. The topological polar surface area (TPSA) is 39.2 Å². The molecule has 0 atom stereocenters. The van der Waals surface area contributed by atoms with Crippen molar-refractivity contribution in [2.45, 2.75) is 26.2 Å². The first kappa shape index (κ1) is 10.7. The first-order valence-electron chi connectivity index (χ1n) is 4.71. The van der Waals surface area contributed by atoms with E-state index in [4.69, 9.17) is 4.74 Å². The number of pyridine rings is 1. The fraction of sp³-hybridized carbons (Fsp3) is 0.455. The molecule has 0 aliphatic rings. The van der Waals surface area contributed by atoms with E-state index in [2.05, 4.69) is 11.1 Å². The molecule has 0 aliphatic carbocycles.